The van der Waals surface area contributed by atoms with Gasteiger partial charge in [-0.05, 0) is 54.8 Å². The smallest absolute Gasteiger partial charge is 0.253 e. The molecule has 0 radical (unpaired) electrons. The lowest BCUT2D eigenvalue weighted by Crippen LogP contribution is -2.39. The van der Waals surface area contributed by atoms with E-state index in [1.807, 2.05) is 23.2 Å². The van der Waals surface area contributed by atoms with Crippen LogP contribution in [-0.4, -0.2) is 38.8 Å². The van der Waals surface area contributed by atoms with Gasteiger partial charge in [-0.25, -0.2) is 9.97 Å². The summed E-state index contributed by atoms with van der Waals surface area (Å²) < 4.78 is 0. The Hall–Kier alpha value is -2.79. The first-order chi connectivity index (χ1) is 14.8. The van der Waals surface area contributed by atoms with Gasteiger partial charge in [0, 0.05) is 59.2 Å². The zero-order chi connectivity index (χ0) is 22.0. The number of nitrogens with zero attached hydrogens (tertiary/aromatic N) is 4. The number of carbonyl (C=O) groups excluding carboxylic acids is 1. The average Bonchev–Trinajstić information content (AvgIpc) is 2.79. The van der Waals surface area contributed by atoms with Crippen LogP contribution in [0, 0.1) is 0 Å². The van der Waals surface area contributed by atoms with Crippen molar-refractivity contribution in [2.24, 2.45) is 0 Å². The Balaban J connectivity index is 1.68. The Morgan fingerprint density at radius 3 is 2.48 bits per heavy atom. The lowest BCUT2D eigenvalue weighted by atomic mass is 9.88. The summed E-state index contributed by atoms with van der Waals surface area (Å²) in [5.41, 5.74) is 3.59. The molecule has 1 aliphatic rings. The second kappa shape index (κ2) is 8.75. The SMILES string of the molecule is CC(C)(C)c1ncc(-c2ccncc2)c(C2CCCN(C(=O)c3ccc(Cl)cc3)C2)n1. The van der Waals surface area contributed by atoms with Crippen molar-refractivity contribution >= 4 is 17.5 Å². The van der Waals surface area contributed by atoms with Crippen LogP contribution in [0.25, 0.3) is 11.1 Å². The van der Waals surface area contributed by atoms with Crippen molar-refractivity contribution in [3.8, 4) is 11.1 Å². The highest BCUT2D eigenvalue weighted by Crippen LogP contribution is 2.34. The normalized spacial score (nSPS) is 16.9. The lowest BCUT2D eigenvalue weighted by Gasteiger charge is -2.34. The van der Waals surface area contributed by atoms with Crippen LogP contribution in [0.4, 0.5) is 0 Å². The van der Waals surface area contributed by atoms with Gasteiger partial charge in [0.15, 0.2) is 0 Å². The van der Waals surface area contributed by atoms with Crippen LogP contribution in [0.15, 0.2) is 55.0 Å². The maximum absolute atomic E-state index is 13.1. The van der Waals surface area contributed by atoms with Crippen molar-refractivity contribution in [1.29, 1.82) is 0 Å². The van der Waals surface area contributed by atoms with E-state index in [1.54, 1.807) is 36.7 Å². The van der Waals surface area contributed by atoms with Crippen LogP contribution in [-0.2, 0) is 5.41 Å². The maximum Gasteiger partial charge on any atom is 0.253 e. The first-order valence-corrected chi connectivity index (χ1v) is 11.0. The monoisotopic (exact) mass is 434 g/mol. The zero-order valence-corrected chi connectivity index (χ0v) is 18.9. The molecule has 4 rings (SSSR count). The molecule has 31 heavy (non-hydrogen) atoms. The highest BCUT2D eigenvalue weighted by atomic mass is 35.5. The Bertz CT molecular complexity index is 1060. The zero-order valence-electron chi connectivity index (χ0n) is 18.2. The summed E-state index contributed by atoms with van der Waals surface area (Å²) in [5, 5.41) is 0.630. The quantitative estimate of drug-likeness (QED) is 0.545. The molecule has 0 N–H and O–H groups in total. The van der Waals surface area contributed by atoms with Gasteiger partial charge in [0.2, 0.25) is 0 Å². The number of hydrogen-bond donors (Lipinski definition) is 0. The van der Waals surface area contributed by atoms with E-state index < -0.39 is 0 Å². The fourth-order valence-electron chi connectivity index (χ4n) is 3.98. The molecule has 160 valence electrons. The van der Waals surface area contributed by atoms with Crippen molar-refractivity contribution in [1.82, 2.24) is 19.9 Å². The molecule has 6 heteroatoms. The third-order valence-corrected chi connectivity index (χ3v) is 5.92. The molecule has 0 spiro atoms. The molecule has 1 amide bonds. The van der Waals surface area contributed by atoms with Gasteiger partial charge in [0.1, 0.15) is 5.82 Å². The Morgan fingerprint density at radius 2 is 1.81 bits per heavy atom. The number of aromatic nitrogens is 3. The minimum atomic E-state index is -0.154. The summed E-state index contributed by atoms with van der Waals surface area (Å²) in [5.74, 6) is 1.01. The maximum atomic E-state index is 13.1. The van der Waals surface area contributed by atoms with Crippen LogP contribution < -0.4 is 0 Å². The summed E-state index contributed by atoms with van der Waals surface area (Å²) in [6.07, 6.45) is 7.43. The topological polar surface area (TPSA) is 59.0 Å². The minimum Gasteiger partial charge on any atom is -0.338 e. The number of pyridine rings is 1. The third-order valence-electron chi connectivity index (χ3n) is 5.67. The number of halogens is 1. The number of likely N-dealkylation sites (tertiary alicyclic amines) is 1. The van der Waals surface area contributed by atoms with Gasteiger partial charge in [-0.15, -0.1) is 0 Å². The first kappa shape index (κ1) is 21.4. The van der Waals surface area contributed by atoms with Crippen LogP contribution in [0.3, 0.4) is 0 Å². The number of hydrogen-bond acceptors (Lipinski definition) is 4. The van der Waals surface area contributed by atoms with Crippen LogP contribution in [0.2, 0.25) is 5.02 Å². The van der Waals surface area contributed by atoms with Gasteiger partial charge in [0.05, 0.1) is 5.69 Å². The fourth-order valence-corrected chi connectivity index (χ4v) is 4.11. The van der Waals surface area contributed by atoms with Crippen LogP contribution >= 0.6 is 11.6 Å². The number of benzene rings is 1. The molecule has 1 saturated heterocycles. The van der Waals surface area contributed by atoms with Gasteiger partial charge in [0.25, 0.3) is 5.91 Å². The fraction of sp³-hybridized carbons (Fsp3) is 0.360. The lowest BCUT2D eigenvalue weighted by molar-refractivity contribution is 0.0706. The molecule has 1 fully saturated rings. The summed E-state index contributed by atoms with van der Waals surface area (Å²) in [7, 11) is 0. The van der Waals surface area contributed by atoms with Crippen molar-refractivity contribution < 1.29 is 4.79 Å². The molecule has 1 aromatic carbocycles. The molecule has 2 aromatic heterocycles. The van der Waals surface area contributed by atoms with Crippen LogP contribution in [0.1, 0.15) is 61.4 Å². The Morgan fingerprint density at radius 1 is 1.10 bits per heavy atom. The largest absolute Gasteiger partial charge is 0.338 e. The minimum absolute atomic E-state index is 0.0388. The summed E-state index contributed by atoms with van der Waals surface area (Å²) in [6, 6.07) is 11.1. The molecule has 1 unspecified atom stereocenters. The molecular formula is C25H27ClN4O. The standard InChI is InChI=1S/C25H27ClN4O/c1-25(2,3)24-28-15-21(17-10-12-27-13-11-17)22(29-24)19-5-4-14-30(16-19)23(31)18-6-8-20(26)9-7-18/h6-13,15,19H,4-5,14,16H2,1-3H3. The molecule has 0 aliphatic carbocycles. The van der Waals surface area contributed by atoms with Crippen molar-refractivity contribution in [3.05, 3.63) is 77.1 Å². The molecule has 3 aromatic rings. The average molecular weight is 435 g/mol. The van der Waals surface area contributed by atoms with Gasteiger partial charge in [-0.2, -0.15) is 0 Å². The summed E-state index contributed by atoms with van der Waals surface area (Å²) in [6.45, 7) is 7.75. The van der Waals surface area contributed by atoms with Gasteiger partial charge in [-0.3, -0.25) is 9.78 Å². The van der Waals surface area contributed by atoms with E-state index in [9.17, 15) is 4.79 Å². The molecule has 3 heterocycles. The first-order valence-electron chi connectivity index (χ1n) is 10.7. The third kappa shape index (κ3) is 4.77. The summed E-state index contributed by atoms with van der Waals surface area (Å²) >= 11 is 5.99. The molecule has 1 aliphatic heterocycles. The Labute approximate surface area is 188 Å². The van der Waals surface area contributed by atoms with E-state index in [0.717, 1.165) is 42.0 Å². The van der Waals surface area contributed by atoms with Gasteiger partial charge < -0.3 is 4.90 Å². The highest BCUT2D eigenvalue weighted by molar-refractivity contribution is 6.30. The molecule has 1 atom stereocenters. The molecule has 0 saturated carbocycles. The van der Waals surface area contributed by atoms with Crippen LogP contribution in [0.5, 0.6) is 0 Å². The van der Waals surface area contributed by atoms with E-state index >= 15 is 0 Å². The second-order valence-corrected chi connectivity index (χ2v) is 9.51. The number of carbonyl (C=O) groups is 1. The van der Waals surface area contributed by atoms with Crippen molar-refractivity contribution in [3.63, 3.8) is 0 Å². The summed E-state index contributed by atoms with van der Waals surface area (Å²) in [4.78, 5) is 28.9. The van der Waals surface area contributed by atoms with E-state index in [1.165, 1.54) is 0 Å². The van der Waals surface area contributed by atoms with Gasteiger partial charge >= 0.3 is 0 Å². The number of amides is 1. The van der Waals surface area contributed by atoms with Crippen molar-refractivity contribution in [2.75, 3.05) is 13.1 Å². The van der Waals surface area contributed by atoms with Gasteiger partial charge in [-0.1, -0.05) is 32.4 Å². The van der Waals surface area contributed by atoms with E-state index in [4.69, 9.17) is 16.6 Å². The number of piperidine rings is 1. The predicted molar refractivity (Wildman–Crippen MR) is 123 cm³/mol. The molecular weight excluding hydrogens is 408 g/mol. The van der Waals surface area contributed by atoms with E-state index in [2.05, 4.69) is 30.7 Å². The second-order valence-electron chi connectivity index (χ2n) is 9.08. The van der Waals surface area contributed by atoms with E-state index in [0.29, 0.717) is 17.1 Å². The number of rotatable bonds is 3. The molecule has 0 bridgehead atoms. The molecule has 5 nitrogen and oxygen atoms in total. The highest BCUT2D eigenvalue weighted by Gasteiger charge is 2.30. The van der Waals surface area contributed by atoms with E-state index in [-0.39, 0.29) is 17.2 Å². The predicted octanol–water partition coefficient (Wildman–Crippen LogP) is 5.51. The Kier molecular flexibility index (Phi) is 6.05. The van der Waals surface area contributed by atoms with Crippen molar-refractivity contribution in [2.45, 2.75) is 44.9 Å².